The Morgan fingerprint density at radius 3 is 2.66 bits per heavy atom. The van der Waals surface area contributed by atoms with Crippen LogP contribution in [-0.2, 0) is 17.9 Å². The summed E-state index contributed by atoms with van der Waals surface area (Å²) in [5.41, 5.74) is -1.18. The predicted molar refractivity (Wildman–Crippen MR) is 112 cm³/mol. The molecular weight excluding hydrogens is 366 g/mol. The van der Waals surface area contributed by atoms with Crippen LogP contribution in [0.2, 0.25) is 0 Å². The fourth-order valence-electron chi connectivity index (χ4n) is 4.02. The van der Waals surface area contributed by atoms with E-state index in [4.69, 9.17) is 4.74 Å². The molecule has 1 saturated heterocycles. The van der Waals surface area contributed by atoms with Gasteiger partial charge in [-0.15, -0.1) is 0 Å². The number of aryl methyl sites for hydroxylation is 1. The monoisotopic (exact) mass is 393 g/mol. The lowest BCUT2D eigenvalue weighted by atomic mass is 9.91. The smallest absolute Gasteiger partial charge is 0.348 e. The summed E-state index contributed by atoms with van der Waals surface area (Å²) in [6, 6.07) is 13.8. The summed E-state index contributed by atoms with van der Waals surface area (Å²) in [7, 11) is 0. The van der Waals surface area contributed by atoms with Gasteiger partial charge in [0, 0.05) is 44.9 Å². The zero-order valence-electron chi connectivity index (χ0n) is 16.8. The van der Waals surface area contributed by atoms with Gasteiger partial charge in [-0.25, -0.2) is 9.78 Å². The summed E-state index contributed by atoms with van der Waals surface area (Å²) in [5.74, 6) is 0.751. The van der Waals surface area contributed by atoms with Crippen LogP contribution in [0.25, 0.3) is 10.8 Å². The van der Waals surface area contributed by atoms with E-state index in [0.717, 1.165) is 36.1 Å². The highest BCUT2D eigenvalue weighted by molar-refractivity contribution is 5.84. The van der Waals surface area contributed by atoms with Crippen molar-refractivity contribution in [1.29, 1.82) is 0 Å². The molecule has 2 aromatic carbocycles. The molecule has 2 heterocycles. The molecule has 1 fully saturated rings. The number of piperidine rings is 1. The number of aliphatic carboxylic acids is 1. The maximum absolute atomic E-state index is 12.1. The Labute approximate surface area is 170 Å². The Kier molecular flexibility index (Phi) is 5.53. The molecule has 0 atom stereocenters. The first-order chi connectivity index (χ1) is 14.1. The number of carboxylic acid groups (broad SMARTS) is 1. The largest absolute Gasteiger partial charge is 0.478 e. The van der Waals surface area contributed by atoms with Crippen molar-refractivity contribution in [1.82, 2.24) is 14.5 Å². The molecule has 3 aromatic rings. The van der Waals surface area contributed by atoms with E-state index in [1.54, 1.807) is 0 Å². The van der Waals surface area contributed by atoms with Crippen LogP contribution in [0.3, 0.4) is 0 Å². The van der Waals surface area contributed by atoms with Gasteiger partial charge in [-0.2, -0.15) is 0 Å². The third-order valence-electron chi connectivity index (χ3n) is 5.72. The molecule has 152 valence electrons. The highest BCUT2D eigenvalue weighted by Crippen LogP contribution is 2.31. The van der Waals surface area contributed by atoms with E-state index >= 15 is 0 Å². The number of aromatic nitrogens is 2. The summed E-state index contributed by atoms with van der Waals surface area (Å²) in [4.78, 5) is 18.9. The molecule has 0 aliphatic carbocycles. The van der Waals surface area contributed by atoms with Gasteiger partial charge in [0.25, 0.3) is 0 Å². The van der Waals surface area contributed by atoms with Crippen LogP contribution in [0.15, 0.2) is 54.9 Å². The van der Waals surface area contributed by atoms with E-state index in [2.05, 4.69) is 21.4 Å². The molecule has 1 aliphatic heterocycles. The van der Waals surface area contributed by atoms with Crippen LogP contribution < -0.4 is 4.74 Å². The molecule has 0 unspecified atom stereocenters. The van der Waals surface area contributed by atoms with Crippen molar-refractivity contribution in [3.63, 3.8) is 0 Å². The van der Waals surface area contributed by atoms with Crippen LogP contribution in [0.5, 0.6) is 5.75 Å². The summed E-state index contributed by atoms with van der Waals surface area (Å²) in [6.45, 7) is 5.17. The molecule has 0 spiro atoms. The zero-order chi connectivity index (χ0) is 20.3. The summed E-state index contributed by atoms with van der Waals surface area (Å²) < 4.78 is 8.28. The Morgan fingerprint density at radius 2 is 1.93 bits per heavy atom. The van der Waals surface area contributed by atoms with Crippen molar-refractivity contribution in [2.75, 3.05) is 13.1 Å². The number of carboxylic acids is 1. The van der Waals surface area contributed by atoms with Crippen molar-refractivity contribution in [2.45, 2.75) is 44.9 Å². The van der Waals surface area contributed by atoms with E-state index < -0.39 is 11.6 Å². The topological polar surface area (TPSA) is 67.6 Å². The number of fused-ring (bicyclic) bond motifs is 1. The van der Waals surface area contributed by atoms with Gasteiger partial charge in [0.05, 0.1) is 6.54 Å². The number of carbonyl (C=O) groups is 1. The lowest BCUT2D eigenvalue weighted by molar-refractivity contribution is -0.159. The van der Waals surface area contributed by atoms with Crippen LogP contribution in [-0.4, -0.2) is 44.2 Å². The molecule has 6 heteroatoms. The maximum atomic E-state index is 12.1. The fraction of sp³-hybridized carbons (Fsp3) is 0.391. The van der Waals surface area contributed by atoms with Gasteiger partial charge in [0.15, 0.2) is 0 Å². The third-order valence-corrected chi connectivity index (χ3v) is 5.72. The highest BCUT2D eigenvalue weighted by atomic mass is 16.5. The van der Waals surface area contributed by atoms with Crippen molar-refractivity contribution in [2.24, 2.45) is 0 Å². The average molecular weight is 393 g/mol. The second-order valence-corrected chi connectivity index (χ2v) is 7.72. The molecule has 1 aliphatic rings. The molecule has 6 nitrogen and oxygen atoms in total. The zero-order valence-corrected chi connectivity index (χ0v) is 16.8. The number of imidazole rings is 1. The van der Waals surface area contributed by atoms with E-state index in [0.29, 0.717) is 31.7 Å². The Morgan fingerprint density at radius 1 is 1.17 bits per heavy atom. The quantitative estimate of drug-likeness (QED) is 0.658. The molecule has 0 amide bonds. The number of likely N-dealkylation sites (tertiary alicyclic amines) is 1. The Bertz CT molecular complexity index is 990. The molecule has 4 rings (SSSR count). The van der Waals surface area contributed by atoms with Gasteiger partial charge in [0.2, 0.25) is 5.60 Å². The number of nitrogens with zero attached hydrogens (tertiary/aromatic N) is 3. The van der Waals surface area contributed by atoms with E-state index in [-0.39, 0.29) is 0 Å². The maximum Gasteiger partial charge on any atom is 0.348 e. The van der Waals surface area contributed by atoms with Gasteiger partial charge >= 0.3 is 5.97 Å². The van der Waals surface area contributed by atoms with E-state index in [1.165, 1.54) is 0 Å². The molecule has 0 saturated carbocycles. The van der Waals surface area contributed by atoms with Gasteiger partial charge in [-0.1, -0.05) is 37.3 Å². The van der Waals surface area contributed by atoms with E-state index in [1.807, 2.05) is 54.9 Å². The second-order valence-electron chi connectivity index (χ2n) is 7.72. The van der Waals surface area contributed by atoms with Gasteiger partial charge < -0.3 is 14.4 Å². The fourth-order valence-corrected chi connectivity index (χ4v) is 4.02. The van der Waals surface area contributed by atoms with Crippen LogP contribution >= 0.6 is 0 Å². The molecule has 0 radical (unpaired) electrons. The molecule has 29 heavy (non-hydrogen) atoms. The SMILES string of the molecule is CCCn1ccnc1CN1CCC(Oc2ccc3ccccc3c2)(C(=O)O)CC1. The van der Waals surface area contributed by atoms with Gasteiger partial charge in [0.1, 0.15) is 11.6 Å². The molecule has 1 N–H and O–H groups in total. The first-order valence-electron chi connectivity index (χ1n) is 10.2. The number of rotatable bonds is 7. The van der Waals surface area contributed by atoms with Crippen molar-refractivity contribution >= 4 is 16.7 Å². The van der Waals surface area contributed by atoms with Crippen LogP contribution in [0.1, 0.15) is 32.0 Å². The number of hydrogen-bond donors (Lipinski definition) is 1. The lowest BCUT2D eigenvalue weighted by Crippen LogP contribution is -2.53. The normalized spacial score (nSPS) is 16.7. The van der Waals surface area contributed by atoms with Gasteiger partial charge in [-0.05, 0) is 29.3 Å². The average Bonchev–Trinajstić information content (AvgIpc) is 3.16. The minimum absolute atomic E-state index is 0.448. The summed E-state index contributed by atoms with van der Waals surface area (Å²) in [5, 5.41) is 12.1. The summed E-state index contributed by atoms with van der Waals surface area (Å²) >= 11 is 0. The molecular formula is C23H27N3O3. The molecule has 1 aromatic heterocycles. The minimum Gasteiger partial charge on any atom is -0.478 e. The van der Waals surface area contributed by atoms with Crippen LogP contribution in [0.4, 0.5) is 0 Å². The van der Waals surface area contributed by atoms with Crippen molar-refractivity contribution < 1.29 is 14.6 Å². The number of ether oxygens (including phenoxy) is 1. The number of benzene rings is 2. The van der Waals surface area contributed by atoms with E-state index in [9.17, 15) is 9.90 Å². The summed E-state index contributed by atoms with van der Waals surface area (Å²) in [6.07, 6.45) is 5.80. The number of hydrogen-bond acceptors (Lipinski definition) is 4. The second kappa shape index (κ2) is 8.25. The first kappa shape index (κ1) is 19.5. The Hall–Kier alpha value is -2.86. The van der Waals surface area contributed by atoms with Gasteiger partial charge in [-0.3, -0.25) is 4.90 Å². The highest BCUT2D eigenvalue weighted by Gasteiger charge is 2.44. The van der Waals surface area contributed by atoms with Crippen LogP contribution in [0, 0.1) is 0 Å². The van der Waals surface area contributed by atoms with Crippen molar-refractivity contribution in [3.05, 3.63) is 60.7 Å². The molecule has 0 bridgehead atoms. The minimum atomic E-state index is -1.18. The lowest BCUT2D eigenvalue weighted by Gasteiger charge is -2.38. The predicted octanol–water partition coefficient (Wildman–Crippen LogP) is 3.94. The Balaban J connectivity index is 1.45. The standard InChI is InChI=1S/C23H27N3O3/c1-2-12-26-15-11-24-21(26)17-25-13-9-23(10-14-25,22(27)28)29-20-8-7-18-5-3-4-6-19(18)16-20/h3-8,11,15-16H,2,9-10,12-14,17H2,1H3,(H,27,28). The van der Waals surface area contributed by atoms with Crippen molar-refractivity contribution in [3.8, 4) is 5.75 Å². The first-order valence-corrected chi connectivity index (χ1v) is 10.2. The third kappa shape index (κ3) is 4.12.